The van der Waals surface area contributed by atoms with Crippen LogP contribution in [0.4, 0.5) is 0 Å². The standard InChI is InChI=1S/C18H12O6/c1-21-9-3-5-11-13(7-9)23-17(15(11)19)18-16(20)12-6-4-10(22-2)8-14(12)24-18/h3-8H,1-2H3. The maximum atomic E-state index is 12.5. The molecular formula is C18H12O6. The quantitative estimate of drug-likeness (QED) is 0.791. The van der Waals surface area contributed by atoms with Gasteiger partial charge >= 0.3 is 0 Å². The van der Waals surface area contributed by atoms with E-state index in [9.17, 15) is 9.59 Å². The van der Waals surface area contributed by atoms with Gasteiger partial charge in [0.05, 0.1) is 25.3 Å². The molecule has 0 bridgehead atoms. The van der Waals surface area contributed by atoms with E-state index in [-0.39, 0.29) is 11.5 Å². The van der Waals surface area contributed by atoms with Crippen molar-refractivity contribution in [2.45, 2.75) is 0 Å². The van der Waals surface area contributed by atoms with E-state index < -0.39 is 11.6 Å². The van der Waals surface area contributed by atoms with E-state index >= 15 is 0 Å². The molecule has 0 atom stereocenters. The number of Topliss-reactive ketones (excluding diaryl/α,β-unsaturated/α-hetero) is 2. The van der Waals surface area contributed by atoms with E-state index in [4.69, 9.17) is 18.9 Å². The number of hydrogen-bond acceptors (Lipinski definition) is 6. The zero-order chi connectivity index (χ0) is 16.8. The lowest BCUT2D eigenvalue weighted by Crippen LogP contribution is -2.10. The third kappa shape index (κ3) is 1.96. The number of methoxy groups -OCH3 is 2. The van der Waals surface area contributed by atoms with Gasteiger partial charge in [0, 0.05) is 12.1 Å². The highest BCUT2D eigenvalue weighted by Crippen LogP contribution is 2.40. The van der Waals surface area contributed by atoms with Gasteiger partial charge < -0.3 is 18.9 Å². The Balaban J connectivity index is 1.76. The summed E-state index contributed by atoms with van der Waals surface area (Å²) in [4.78, 5) is 25.0. The van der Waals surface area contributed by atoms with Crippen LogP contribution in [0.3, 0.4) is 0 Å². The van der Waals surface area contributed by atoms with Crippen molar-refractivity contribution < 1.29 is 28.5 Å². The van der Waals surface area contributed by atoms with Crippen molar-refractivity contribution in [3.05, 3.63) is 59.0 Å². The molecule has 0 radical (unpaired) electrons. The first-order chi connectivity index (χ1) is 11.6. The predicted octanol–water partition coefficient (Wildman–Crippen LogP) is 2.77. The number of ketones is 2. The fraction of sp³-hybridized carbons (Fsp3) is 0.111. The lowest BCUT2D eigenvalue weighted by molar-refractivity contribution is 0.0960. The van der Waals surface area contributed by atoms with Crippen LogP contribution in [0.5, 0.6) is 23.0 Å². The molecular weight excluding hydrogens is 312 g/mol. The summed E-state index contributed by atoms with van der Waals surface area (Å²) in [5.41, 5.74) is 0.728. The molecule has 2 heterocycles. The molecule has 6 nitrogen and oxygen atoms in total. The Morgan fingerprint density at radius 1 is 0.708 bits per heavy atom. The van der Waals surface area contributed by atoms with Gasteiger partial charge in [0.2, 0.25) is 23.1 Å². The second-order valence-corrected chi connectivity index (χ2v) is 5.24. The van der Waals surface area contributed by atoms with Crippen LogP contribution in [0.15, 0.2) is 47.9 Å². The fourth-order valence-electron chi connectivity index (χ4n) is 2.66. The first kappa shape index (κ1) is 14.3. The predicted molar refractivity (Wildman–Crippen MR) is 82.9 cm³/mol. The van der Waals surface area contributed by atoms with Gasteiger partial charge in [-0.05, 0) is 24.3 Å². The molecule has 24 heavy (non-hydrogen) atoms. The Morgan fingerprint density at radius 3 is 1.50 bits per heavy atom. The monoisotopic (exact) mass is 324 g/mol. The number of allylic oxidation sites excluding steroid dienone is 2. The zero-order valence-electron chi connectivity index (χ0n) is 12.9. The molecule has 6 heteroatoms. The van der Waals surface area contributed by atoms with Crippen LogP contribution in [0.1, 0.15) is 20.7 Å². The van der Waals surface area contributed by atoms with Gasteiger partial charge in [-0.2, -0.15) is 0 Å². The third-order valence-corrected chi connectivity index (χ3v) is 3.91. The third-order valence-electron chi connectivity index (χ3n) is 3.91. The summed E-state index contributed by atoms with van der Waals surface area (Å²) in [6.45, 7) is 0. The van der Waals surface area contributed by atoms with Crippen LogP contribution in [0.2, 0.25) is 0 Å². The van der Waals surface area contributed by atoms with E-state index in [1.165, 1.54) is 14.2 Å². The molecule has 120 valence electrons. The topological polar surface area (TPSA) is 71.1 Å². The molecule has 0 fully saturated rings. The van der Waals surface area contributed by atoms with Gasteiger partial charge in [0.15, 0.2) is 0 Å². The summed E-state index contributed by atoms with van der Waals surface area (Å²) >= 11 is 0. The van der Waals surface area contributed by atoms with E-state index in [1.54, 1.807) is 36.4 Å². The Labute approximate surface area is 137 Å². The largest absolute Gasteiger partial charge is 0.497 e. The molecule has 0 spiro atoms. The Morgan fingerprint density at radius 2 is 1.12 bits per heavy atom. The molecule has 2 aromatic carbocycles. The Bertz CT molecular complexity index is 850. The van der Waals surface area contributed by atoms with Gasteiger partial charge in [0.1, 0.15) is 23.0 Å². The molecule has 0 amide bonds. The van der Waals surface area contributed by atoms with E-state index in [2.05, 4.69) is 0 Å². The van der Waals surface area contributed by atoms with E-state index in [0.717, 1.165) is 0 Å². The van der Waals surface area contributed by atoms with Gasteiger partial charge in [0.25, 0.3) is 0 Å². The number of rotatable bonds is 2. The van der Waals surface area contributed by atoms with Gasteiger partial charge in [-0.25, -0.2) is 0 Å². The average Bonchev–Trinajstić information content (AvgIpc) is 3.11. The number of carbonyl (C=O) groups excluding carboxylic acids is 2. The van der Waals surface area contributed by atoms with Gasteiger partial charge in [-0.3, -0.25) is 9.59 Å². The van der Waals surface area contributed by atoms with Crippen LogP contribution in [-0.2, 0) is 0 Å². The summed E-state index contributed by atoms with van der Waals surface area (Å²) < 4.78 is 21.4. The molecule has 0 saturated heterocycles. The highest BCUT2D eigenvalue weighted by Gasteiger charge is 2.39. The van der Waals surface area contributed by atoms with Crippen molar-refractivity contribution >= 4 is 11.6 Å². The first-order valence-corrected chi connectivity index (χ1v) is 7.18. The summed E-state index contributed by atoms with van der Waals surface area (Å²) in [5.74, 6) is 0.779. The Kier molecular flexibility index (Phi) is 3.06. The summed E-state index contributed by atoms with van der Waals surface area (Å²) in [7, 11) is 3.04. The number of hydrogen-bond donors (Lipinski definition) is 0. The van der Waals surface area contributed by atoms with Crippen LogP contribution in [0.25, 0.3) is 0 Å². The SMILES string of the molecule is COc1ccc2c(c1)OC(=C1Oc3cc(OC)ccc3C1=O)C2=O. The van der Waals surface area contributed by atoms with Crippen molar-refractivity contribution in [1.29, 1.82) is 0 Å². The summed E-state index contributed by atoms with van der Waals surface area (Å²) in [5, 5.41) is 0. The average molecular weight is 324 g/mol. The second kappa shape index (κ2) is 5.13. The smallest absolute Gasteiger partial charge is 0.236 e. The minimum atomic E-state index is -0.393. The molecule has 0 N–H and O–H groups in total. The molecule has 0 saturated carbocycles. The van der Waals surface area contributed by atoms with Crippen LogP contribution in [0, 0.1) is 0 Å². The van der Waals surface area contributed by atoms with Crippen LogP contribution < -0.4 is 18.9 Å². The first-order valence-electron chi connectivity index (χ1n) is 7.18. The van der Waals surface area contributed by atoms with Crippen molar-refractivity contribution in [2.75, 3.05) is 14.2 Å². The van der Waals surface area contributed by atoms with Gasteiger partial charge in [-0.1, -0.05) is 0 Å². The fourth-order valence-corrected chi connectivity index (χ4v) is 2.66. The Hall–Kier alpha value is -3.28. The van der Waals surface area contributed by atoms with E-state index in [1.807, 2.05) is 0 Å². The minimum absolute atomic E-state index is 0.113. The number of carbonyl (C=O) groups is 2. The van der Waals surface area contributed by atoms with Crippen molar-refractivity contribution in [2.24, 2.45) is 0 Å². The van der Waals surface area contributed by atoms with Crippen LogP contribution in [-0.4, -0.2) is 25.8 Å². The molecule has 2 aliphatic rings. The van der Waals surface area contributed by atoms with Gasteiger partial charge in [-0.15, -0.1) is 0 Å². The highest BCUT2D eigenvalue weighted by molar-refractivity contribution is 6.20. The summed E-state index contributed by atoms with van der Waals surface area (Å²) in [6.07, 6.45) is 0. The molecule has 4 rings (SSSR count). The maximum absolute atomic E-state index is 12.5. The second-order valence-electron chi connectivity index (χ2n) is 5.24. The number of ether oxygens (including phenoxy) is 4. The minimum Gasteiger partial charge on any atom is -0.497 e. The lowest BCUT2D eigenvalue weighted by Gasteiger charge is -2.03. The maximum Gasteiger partial charge on any atom is 0.236 e. The highest BCUT2D eigenvalue weighted by atomic mass is 16.5. The van der Waals surface area contributed by atoms with Crippen LogP contribution >= 0.6 is 0 Å². The molecule has 0 aromatic heterocycles. The van der Waals surface area contributed by atoms with Crippen molar-refractivity contribution in [1.82, 2.24) is 0 Å². The zero-order valence-corrected chi connectivity index (χ0v) is 12.9. The molecule has 0 unspecified atom stereocenters. The van der Waals surface area contributed by atoms with Crippen molar-refractivity contribution in [3.63, 3.8) is 0 Å². The van der Waals surface area contributed by atoms with E-state index in [0.29, 0.717) is 34.1 Å². The number of fused-ring (bicyclic) bond motifs is 2. The summed E-state index contributed by atoms with van der Waals surface area (Å²) in [6, 6.07) is 9.70. The molecule has 2 aliphatic heterocycles. The lowest BCUT2D eigenvalue weighted by atomic mass is 10.1. The molecule has 0 aliphatic carbocycles. The molecule has 2 aromatic rings. The normalized spacial score (nSPS) is 17.9. The van der Waals surface area contributed by atoms with Crippen molar-refractivity contribution in [3.8, 4) is 23.0 Å². The number of benzene rings is 2.